The van der Waals surface area contributed by atoms with E-state index in [0.29, 0.717) is 0 Å². The van der Waals surface area contributed by atoms with E-state index in [1.165, 1.54) is 32.1 Å². The lowest BCUT2D eigenvalue weighted by Crippen LogP contribution is -1.98. The van der Waals surface area contributed by atoms with Crippen molar-refractivity contribution in [1.29, 1.82) is 0 Å². The normalized spacial score (nSPS) is 36.4. The van der Waals surface area contributed by atoms with E-state index in [2.05, 4.69) is 24.3 Å². The quantitative estimate of drug-likeness (QED) is 0.462. The van der Waals surface area contributed by atoms with E-state index in [-0.39, 0.29) is 0 Å². The van der Waals surface area contributed by atoms with Gasteiger partial charge in [0, 0.05) is 0 Å². The standard InChI is InChI=1S/C11H16/c1-2-5-11-7-3-6-10(4-1)8-9-11/h3,6,8-11H,1-2,4-5,7H2. The first-order valence-electron chi connectivity index (χ1n) is 4.80. The van der Waals surface area contributed by atoms with Crippen LogP contribution in [0.2, 0.25) is 0 Å². The second-order valence-electron chi connectivity index (χ2n) is 3.76. The maximum Gasteiger partial charge on any atom is -0.00534 e. The third-order valence-electron chi connectivity index (χ3n) is 2.81. The van der Waals surface area contributed by atoms with Crippen molar-refractivity contribution in [3.05, 3.63) is 24.3 Å². The minimum absolute atomic E-state index is 0.764. The number of hydrogen-bond donors (Lipinski definition) is 0. The smallest absolute Gasteiger partial charge is 0.00534 e. The summed E-state index contributed by atoms with van der Waals surface area (Å²) in [7, 11) is 0. The van der Waals surface area contributed by atoms with Crippen LogP contribution in [-0.4, -0.2) is 0 Å². The summed E-state index contributed by atoms with van der Waals surface area (Å²) >= 11 is 0. The molecule has 11 heavy (non-hydrogen) atoms. The second-order valence-corrected chi connectivity index (χ2v) is 3.76. The van der Waals surface area contributed by atoms with Gasteiger partial charge in [0.05, 0.1) is 0 Å². The molecule has 0 radical (unpaired) electrons. The molecule has 0 saturated heterocycles. The zero-order valence-electron chi connectivity index (χ0n) is 7.00. The molecule has 0 fully saturated rings. The van der Waals surface area contributed by atoms with Crippen molar-refractivity contribution in [2.24, 2.45) is 11.8 Å². The number of hydrogen-bond acceptors (Lipinski definition) is 0. The Hall–Kier alpha value is -0.520. The van der Waals surface area contributed by atoms with Gasteiger partial charge < -0.3 is 0 Å². The van der Waals surface area contributed by atoms with E-state index >= 15 is 0 Å². The molecule has 2 bridgehead atoms. The lowest BCUT2D eigenvalue weighted by molar-refractivity contribution is 0.514. The van der Waals surface area contributed by atoms with Gasteiger partial charge in [-0.25, -0.2) is 0 Å². The van der Waals surface area contributed by atoms with E-state index in [1.807, 2.05) is 0 Å². The summed E-state index contributed by atoms with van der Waals surface area (Å²) in [6.45, 7) is 0. The van der Waals surface area contributed by atoms with Gasteiger partial charge in [-0.05, 0) is 31.1 Å². The maximum absolute atomic E-state index is 2.43. The van der Waals surface area contributed by atoms with Gasteiger partial charge >= 0.3 is 0 Å². The predicted octanol–water partition coefficient (Wildman–Crippen LogP) is 3.31. The van der Waals surface area contributed by atoms with Gasteiger partial charge in [-0.1, -0.05) is 37.1 Å². The van der Waals surface area contributed by atoms with Crippen LogP contribution in [0, 0.1) is 11.8 Å². The SMILES string of the molecule is C1=CC2C=CC(C1)CCCC2. The molecule has 0 saturated carbocycles. The lowest BCUT2D eigenvalue weighted by Gasteiger charge is -2.12. The van der Waals surface area contributed by atoms with Gasteiger partial charge in [-0.2, -0.15) is 0 Å². The summed E-state index contributed by atoms with van der Waals surface area (Å²) < 4.78 is 0. The highest BCUT2D eigenvalue weighted by atomic mass is 14.2. The van der Waals surface area contributed by atoms with Gasteiger partial charge in [0.1, 0.15) is 0 Å². The molecule has 0 nitrogen and oxygen atoms in total. The molecule has 2 unspecified atom stereocenters. The molecule has 2 rings (SSSR count). The Kier molecular flexibility index (Phi) is 2.11. The molecule has 0 amide bonds. The van der Waals surface area contributed by atoms with Crippen molar-refractivity contribution >= 4 is 0 Å². The largest absolute Gasteiger partial charge is 0.0874 e. The molecule has 2 aliphatic rings. The van der Waals surface area contributed by atoms with Crippen molar-refractivity contribution < 1.29 is 0 Å². The van der Waals surface area contributed by atoms with Crippen LogP contribution in [0.15, 0.2) is 24.3 Å². The molecule has 0 aliphatic heterocycles. The number of rotatable bonds is 0. The van der Waals surface area contributed by atoms with Crippen molar-refractivity contribution in [2.45, 2.75) is 32.1 Å². The molecule has 2 atom stereocenters. The van der Waals surface area contributed by atoms with E-state index in [4.69, 9.17) is 0 Å². The summed E-state index contributed by atoms with van der Waals surface area (Å²) in [6, 6.07) is 0. The molecule has 0 N–H and O–H groups in total. The first kappa shape index (κ1) is 7.15. The average molecular weight is 148 g/mol. The third-order valence-corrected chi connectivity index (χ3v) is 2.81. The molecule has 0 spiro atoms. The number of fused-ring (bicyclic) bond motifs is 2. The molecular formula is C11H16. The van der Waals surface area contributed by atoms with E-state index in [0.717, 1.165) is 11.8 Å². The van der Waals surface area contributed by atoms with Crippen molar-refractivity contribution in [3.8, 4) is 0 Å². The summed E-state index contributed by atoms with van der Waals surface area (Å²) in [4.78, 5) is 0. The van der Waals surface area contributed by atoms with E-state index in [1.54, 1.807) is 0 Å². The minimum Gasteiger partial charge on any atom is -0.0874 e. The van der Waals surface area contributed by atoms with Gasteiger partial charge in [0.25, 0.3) is 0 Å². The monoisotopic (exact) mass is 148 g/mol. The summed E-state index contributed by atoms with van der Waals surface area (Å²) in [5.74, 6) is 1.62. The summed E-state index contributed by atoms with van der Waals surface area (Å²) in [6.07, 6.45) is 16.5. The van der Waals surface area contributed by atoms with E-state index in [9.17, 15) is 0 Å². The Morgan fingerprint density at radius 3 is 2.82 bits per heavy atom. The fraction of sp³-hybridized carbons (Fsp3) is 0.636. The van der Waals surface area contributed by atoms with Crippen LogP contribution < -0.4 is 0 Å². The average Bonchev–Trinajstić information content (AvgIpc) is 2.11. The molecule has 0 heterocycles. The topological polar surface area (TPSA) is 0 Å². The molecule has 0 heteroatoms. The van der Waals surface area contributed by atoms with Gasteiger partial charge in [0.15, 0.2) is 0 Å². The molecule has 0 aromatic heterocycles. The highest BCUT2D eigenvalue weighted by molar-refractivity contribution is 5.08. The highest BCUT2D eigenvalue weighted by Gasteiger charge is 2.12. The number of allylic oxidation sites excluding steroid dienone is 4. The Morgan fingerprint density at radius 2 is 1.82 bits per heavy atom. The van der Waals surface area contributed by atoms with Crippen LogP contribution in [0.3, 0.4) is 0 Å². The van der Waals surface area contributed by atoms with Crippen LogP contribution in [0.4, 0.5) is 0 Å². The van der Waals surface area contributed by atoms with Crippen molar-refractivity contribution in [2.75, 3.05) is 0 Å². The minimum atomic E-state index is 0.764. The van der Waals surface area contributed by atoms with Crippen LogP contribution in [0.25, 0.3) is 0 Å². The summed E-state index contributed by atoms with van der Waals surface area (Å²) in [5, 5.41) is 0. The fourth-order valence-corrected chi connectivity index (χ4v) is 2.06. The van der Waals surface area contributed by atoms with Crippen LogP contribution >= 0.6 is 0 Å². The van der Waals surface area contributed by atoms with Crippen LogP contribution in [-0.2, 0) is 0 Å². The van der Waals surface area contributed by atoms with Crippen molar-refractivity contribution in [3.63, 3.8) is 0 Å². The Labute approximate surface area is 69.0 Å². The Morgan fingerprint density at radius 1 is 0.909 bits per heavy atom. The Bertz CT molecular complexity index is 176. The fourth-order valence-electron chi connectivity index (χ4n) is 2.06. The maximum atomic E-state index is 2.43. The van der Waals surface area contributed by atoms with Gasteiger partial charge in [-0.15, -0.1) is 0 Å². The lowest BCUT2D eigenvalue weighted by atomic mass is 9.93. The molecule has 60 valence electrons. The molecule has 0 aromatic carbocycles. The first-order chi connectivity index (χ1) is 5.45. The highest BCUT2D eigenvalue weighted by Crippen LogP contribution is 2.26. The van der Waals surface area contributed by atoms with Crippen LogP contribution in [0.5, 0.6) is 0 Å². The second kappa shape index (κ2) is 3.25. The molecular weight excluding hydrogens is 132 g/mol. The van der Waals surface area contributed by atoms with Gasteiger partial charge in [-0.3, -0.25) is 0 Å². The predicted molar refractivity (Wildman–Crippen MR) is 48.3 cm³/mol. The molecule has 2 aliphatic carbocycles. The van der Waals surface area contributed by atoms with Gasteiger partial charge in [0.2, 0.25) is 0 Å². The first-order valence-corrected chi connectivity index (χ1v) is 4.80. The van der Waals surface area contributed by atoms with Crippen LogP contribution in [0.1, 0.15) is 32.1 Å². The summed E-state index contributed by atoms with van der Waals surface area (Å²) in [5.41, 5.74) is 0. The zero-order chi connectivity index (χ0) is 7.52. The third kappa shape index (κ3) is 1.74. The Balaban J connectivity index is 2.15. The van der Waals surface area contributed by atoms with E-state index < -0.39 is 0 Å². The zero-order valence-corrected chi connectivity index (χ0v) is 7.00. The van der Waals surface area contributed by atoms with Crippen molar-refractivity contribution in [1.82, 2.24) is 0 Å². The molecule has 0 aromatic rings.